The number of nitrogens with zero attached hydrogens (tertiary/aromatic N) is 2. The van der Waals surface area contributed by atoms with Gasteiger partial charge in [0.25, 0.3) is 0 Å². The summed E-state index contributed by atoms with van der Waals surface area (Å²) in [5.41, 5.74) is 0.904. The molecule has 1 N–H and O–H groups in total. The third-order valence-electron chi connectivity index (χ3n) is 8.42. The summed E-state index contributed by atoms with van der Waals surface area (Å²) in [4.78, 5) is 33.1. The number of hydrogen-bond acceptors (Lipinski definition) is 6. The summed E-state index contributed by atoms with van der Waals surface area (Å²) in [6.45, 7) is 5.60. The Labute approximate surface area is 225 Å². The predicted molar refractivity (Wildman–Crippen MR) is 145 cm³/mol. The number of pyridine rings is 1. The van der Waals surface area contributed by atoms with Crippen LogP contribution >= 0.6 is 0 Å². The summed E-state index contributed by atoms with van der Waals surface area (Å²) in [6.07, 6.45) is 9.70. The van der Waals surface area contributed by atoms with Gasteiger partial charge in [-0.15, -0.1) is 0 Å². The third kappa shape index (κ3) is 6.00. The molecule has 2 atom stereocenters. The maximum Gasteiger partial charge on any atom is 0.407 e. The van der Waals surface area contributed by atoms with Gasteiger partial charge in [-0.1, -0.05) is 33.1 Å². The standard InChI is InChI=1S/C30H41N3O5/c1-30(2)13-7-10-22-16-24-21(17-25(22)36-3)11-14-31-27(24)38-23-12-15-33(18-23)28(34)26(32-29(35)37-19-30)20-8-5-4-6-9-20/h11,14,16-17,20,23,26H,4-10,12-13,15,18-19H2,1-3H3,(H,32,35)/t23-,26+/m1/s1. The van der Waals surface area contributed by atoms with E-state index in [1.807, 2.05) is 11.0 Å². The summed E-state index contributed by atoms with van der Waals surface area (Å²) in [5.74, 6) is 1.55. The van der Waals surface area contributed by atoms with E-state index in [0.717, 1.165) is 73.5 Å². The number of carbonyl (C=O) groups is 2. The Kier molecular flexibility index (Phi) is 7.96. The van der Waals surface area contributed by atoms with Crippen molar-refractivity contribution in [1.29, 1.82) is 0 Å². The highest BCUT2D eigenvalue weighted by atomic mass is 16.5. The van der Waals surface area contributed by atoms with Crippen LogP contribution in [0.15, 0.2) is 24.4 Å². The molecule has 2 amide bonds. The van der Waals surface area contributed by atoms with Gasteiger partial charge in [0.05, 0.1) is 20.3 Å². The number of methoxy groups -OCH3 is 1. The highest BCUT2D eigenvalue weighted by Crippen LogP contribution is 2.34. The molecule has 2 fully saturated rings. The van der Waals surface area contributed by atoms with Crippen LogP contribution in [0.2, 0.25) is 0 Å². The van der Waals surface area contributed by atoms with Gasteiger partial charge in [-0.25, -0.2) is 9.78 Å². The van der Waals surface area contributed by atoms with Gasteiger partial charge in [-0.2, -0.15) is 0 Å². The van der Waals surface area contributed by atoms with E-state index in [2.05, 4.69) is 36.3 Å². The second-order valence-corrected chi connectivity index (χ2v) is 11.9. The Hall–Kier alpha value is -3.03. The maximum absolute atomic E-state index is 13.7. The van der Waals surface area contributed by atoms with E-state index in [1.165, 1.54) is 6.42 Å². The van der Waals surface area contributed by atoms with Crippen LogP contribution in [0.3, 0.4) is 0 Å². The van der Waals surface area contributed by atoms with Crippen LogP contribution in [0.25, 0.3) is 10.8 Å². The lowest BCUT2D eigenvalue weighted by Gasteiger charge is -2.33. The van der Waals surface area contributed by atoms with Crippen LogP contribution in [0.5, 0.6) is 11.6 Å². The molecule has 1 aromatic heterocycles. The zero-order valence-electron chi connectivity index (χ0n) is 23.0. The fraction of sp³-hybridized carbons (Fsp3) is 0.633. The first-order chi connectivity index (χ1) is 18.3. The summed E-state index contributed by atoms with van der Waals surface area (Å²) in [5, 5.41) is 4.96. The number of benzene rings is 1. The van der Waals surface area contributed by atoms with Crippen molar-refractivity contribution in [3.05, 3.63) is 30.0 Å². The molecule has 1 aromatic carbocycles. The van der Waals surface area contributed by atoms with Crippen LogP contribution in [-0.2, 0) is 16.0 Å². The number of carbonyl (C=O) groups excluding carboxylic acids is 2. The number of aromatic nitrogens is 1. The van der Waals surface area contributed by atoms with Crippen LogP contribution in [0.4, 0.5) is 4.79 Å². The van der Waals surface area contributed by atoms with Crippen molar-refractivity contribution in [1.82, 2.24) is 15.2 Å². The topological polar surface area (TPSA) is 90.0 Å². The summed E-state index contributed by atoms with van der Waals surface area (Å²) < 4.78 is 17.8. The smallest absolute Gasteiger partial charge is 0.407 e. The molecule has 4 bridgehead atoms. The van der Waals surface area contributed by atoms with Crippen LogP contribution in [-0.4, -0.2) is 60.8 Å². The fourth-order valence-corrected chi connectivity index (χ4v) is 6.18. The molecule has 0 unspecified atom stereocenters. The van der Waals surface area contributed by atoms with E-state index < -0.39 is 12.1 Å². The number of alkyl carbamates (subject to hydrolysis) is 1. The van der Waals surface area contributed by atoms with Crippen molar-refractivity contribution in [3.8, 4) is 11.6 Å². The second-order valence-electron chi connectivity index (χ2n) is 11.9. The van der Waals surface area contributed by atoms with E-state index >= 15 is 0 Å². The molecular formula is C30H41N3O5. The van der Waals surface area contributed by atoms with Gasteiger partial charge >= 0.3 is 6.09 Å². The average Bonchev–Trinajstić information content (AvgIpc) is 3.38. The first-order valence-electron chi connectivity index (χ1n) is 14.2. The van der Waals surface area contributed by atoms with E-state index in [0.29, 0.717) is 25.6 Å². The second kappa shape index (κ2) is 11.4. The minimum Gasteiger partial charge on any atom is -0.496 e. The van der Waals surface area contributed by atoms with Gasteiger partial charge in [0, 0.05) is 24.5 Å². The van der Waals surface area contributed by atoms with Crippen LogP contribution in [0, 0.1) is 11.3 Å². The lowest BCUT2D eigenvalue weighted by molar-refractivity contribution is -0.134. The highest BCUT2D eigenvalue weighted by molar-refractivity contribution is 5.89. The first kappa shape index (κ1) is 26.6. The molecule has 8 heteroatoms. The lowest BCUT2D eigenvalue weighted by Crippen LogP contribution is -2.52. The molecule has 3 aliphatic rings. The lowest BCUT2D eigenvalue weighted by atomic mass is 9.83. The van der Waals surface area contributed by atoms with Crippen molar-refractivity contribution in [2.24, 2.45) is 11.3 Å². The number of cyclic esters (lactones) is 1. The third-order valence-corrected chi connectivity index (χ3v) is 8.42. The van der Waals surface area contributed by atoms with E-state index in [1.54, 1.807) is 13.3 Å². The molecule has 1 aliphatic carbocycles. The molecule has 5 rings (SSSR count). The molecule has 1 saturated heterocycles. The Morgan fingerprint density at radius 3 is 2.71 bits per heavy atom. The summed E-state index contributed by atoms with van der Waals surface area (Å²) in [6, 6.07) is 5.60. The SMILES string of the molecule is COc1cc2ccnc3c2cc1CCCC(C)(C)COC(=O)N[C@@H](C1CCCCC1)C(=O)N1CC[C@H](C1)O3. The minimum atomic E-state index is -0.561. The molecule has 38 heavy (non-hydrogen) atoms. The van der Waals surface area contributed by atoms with Crippen molar-refractivity contribution in [2.75, 3.05) is 26.8 Å². The highest BCUT2D eigenvalue weighted by Gasteiger charge is 2.38. The summed E-state index contributed by atoms with van der Waals surface area (Å²) in [7, 11) is 1.70. The Morgan fingerprint density at radius 1 is 1.11 bits per heavy atom. The molecule has 2 aromatic rings. The van der Waals surface area contributed by atoms with Gasteiger partial charge in [0.15, 0.2) is 0 Å². The molecule has 1 saturated carbocycles. The molecule has 0 radical (unpaired) electrons. The normalized spacial score (nSPS) is 25.3. The molecule has 0 spiro atoms. The molecule has 206 valence electrons. The number of rotatable bonds is 2. The van der Waals surface area contributed by atoms with Crippen LogP contribution in [0.1, 0.15) is 70.8 Å². The number of ether oxygens (including phenoxy) is 3. The Bertz CT molecular complexity index is 1160. The van der Waals surface area contributed by atoms with E-state index in [9.17, 15) is 9.59 Å². The number of aryl methyl sites for hydroxylation is 1. The maximum atomic E-state index is 13.7. The van der Waals surface area contributed by atoms with Crippen molar-refractivity contribution >= 4 is 22.8 Å². The number of hydrogen-bond donors (Lipinski definition) is 1. The summed E-state index contributed by atoms with van der Waals surface area (Å²) >= 11 is 0. The van der Waals surface area contributed by atoms with E-state index in [-0.39, 0.29) is 23.3 Å². The number of amides is 2. The number of nitrogens with one attached hydrogen (secondary N) is 1. The zero-order chi connectivity index (χ0) is 26.7. The van der Waals surface area contributed by atoms with Gasteiger partial charge in [-0.3, -0.25) is 4.79 Å². The van der Waals surface area contributed by atoms with Gasteiger partial charge in [0.1, 0.15) is 17.9 Å². The monoisotopic (exact) mass is 523 g/mol. The molecule has 8 nitrogen and oxygen atoms in total. The first-order valence-corrected chi connectivity index (χ1v) is 14.2. The van der Waals surface area contributed by atoms with Gasteiger partial charge < -0.3 is 24.4 Å². The van der Waals surface area contributed by atoms with Crippen molar-refractivity contribution in [3.63, 3.8) is 0 Å². The number of fused-ring (bicyclic) bond motifs is 3. The molecular weight excluding hydrogens is 482 g/mol. The van der Waals surface area contributed by atoms with Gasteiger partial charge in [-0.05, 0) is 72.6 Å². The average molecular weight is 524 g/mol. The van der Waals surface area contributed by atoms with Crippen molar-refractivity contribution < 1.29 is 23.8 Å². The Morgan fingerprint density at radius 2 is 1.92 bits per heavy atom. The largest absolute Gasteiger partial charge is 0.496 e. The van der Waals surface area contributed by atoms with Crippen molar-refractivity contribution in [2.45, 2.75) is 83.8 Å². The molecule has 3 heterocycles. The van der Waals surface area contributed by atoms with Crippen LogP contribution < -0.4 is 14.8 Å². The quantitative estimate of drug-likeness (QED) is 0.578. The molecule has 2 aliphatic heterocycles. The van der Waals surface area contributed by atoms with Gasteiger partial charge in [0.2, 0.25) is 11.8 Å². The Balaban J connectivity index is 1.45. The zero-order valence-corrected chi connectivity index (χ0v) is 23.0. The fourth-order valence-electron chi connectivity index (χ4n) is 6.18. The van der Waals surface area contributed by atoms with E-state index in [4.69, 9.17) is 14.2 Å². The minimum absolute atomic E-state index is 0.0294. The predicted octanol–water partition coefficient (Wildman–Crippen LogP) is 5.26.